The van der Waals surface area contributed by atoms with Gasteiger partial charge in [0.15, 0.2) is 0 Å². The number of aryl methyl sites for hydroxylation is 1. The molecule has 1 aromatic rings. The van der Waals surface area contributed by atoms with Crippen molar-refractivity contribution in [2.45, 2.75) is 72.4 Å². The zero-order valence-corrected chi connectivity index (χ0v) is 13.6. The van der Waals surface area contributed by atoms with Gasteiger partial charge in [-0.15, -0.1) is 0 Å². The molecule has 0 N–H and O–H groups in total. The Morgan fingerprint density at radius 3 is 2.38 bits per heavy atom. The van der Waals surface area contributed by atoms with Crippen LogP contribution in [0.15, 0.2) is 18.7 Å². The van der Waals surface area contributed by atoms with Crippen molar-refractivity contribution >= 4 is 6.16 Å². The van der Waals surface area contributed by atoms with E-state index in [1.807, 2.05) is 0 Å². The molecule has 1 heterocycles. The number of aromatic nitrogens is 2. The second kappa shape index (κ2) is 12.2. The molecule has 0 radical (unpaired) electrons. The maximum absolute atomic E-state index is 8.33. The van der Waals surface area contributed by atoms with Crippen LogP contribution in [0.4, 0.5) is 4.79 Å². The van der Waals surface area contributed by atoms with Gasteiger partial charge >= 0.3 is 1.43 Å². The third kappa shape index (κ3) is 10.9. The van der Waals surface area contributed by atoms with Gasteiger partial charge in [0, 0.05) is 0 Å². The van der Waals surface area contributed by atoms with Gasteiger partial charge in [0.1, 0.15) is 12.4 Å². The summed E-state index contributed by atoms with van der Waals surface area (Å²) in [5.74, 6) is 0.849. The lowest BCUT2D eigenvalue weighted by Crippen LogP contribution is -2.37. The van der Waals surface area contributed by atoms with Gasteiger partial charge in [-0.05, 0) is 31.3 Å². The zero-order chi connectivity index (χ0) is 16.1. The van der Waals surface area contributed by atoms with Gasteiger partial charge in [-0.25, -0.2) is 9.13 Å². The van der Waals surface area contributed by atoms with Gasteiger partial charge in [0.2, 0.25) is 6.33 Å². The van der Waals surface area contributed by atoms with Crippen molar-refractivity contribution in [2.75, 3.05) is 0 Å². The molecule has 0 saturated carbocycles. The Bertz CT molecular complexity index is 379. The summed E-state index contributed by atoms with van der Waals surface area (Å²) in [7, 11) is 0. The summed E-state index contributed by atoms with van der Waals surface area (Å²) in [6, 6.07) is 0. The van der Waals surface area contributed by atoms with Crippen LogP contribution in [0.25, 0.3) is 0 Å². The molecule has 1 rings (SSSR count). The quantitative estimate of drug-likeness (QED) is 0.648. The fourth-order valence-corrected chi connectivity index (χ4v) is 2.24. The highest BCUT2D eigenvalue weighted by Gasteiger charge is 2.11. The topological polar surface area (TPSA) is 72.0 Å². The molecule has 5 heteroatoms. The molecule has 0 spiro atoms. The first-order valence-corrected chi connectivity index (χ1v) is 7.96. The molecular formula is C16H30N2O3. The van der Waals surface area contributed by atoms with Crippen LogP contribution in [-0.4, -0.2) is 10.7 Å². The first-order valence-electron chi connectivity index (χ1n) is 7.96. The summed E-state index contributed by atoms with van der Waals surface area (Å²) in [4.78, 5) is 8.33. The number of hydrogen-bond donors (Lipinski definition) is 0. The highest BCUT2D eigenvalue weighted by atomic mass is 16.6. The summed E-state index contributed by atoms with van der Waals surface area (Å²) in [5, 5.41) is 16.7. The molecule has 0 aliphatic rings. The number of carbonyl (C=O) groups excluding carboxylic acids is 1. The molecule has 122 valence electrons. The Morgan fingerprint density at radius 2 is 1.86 bits per heavy atom. The number of unbranched alkanes of at least 4 members (excludes halogenated alkanes) is 2. The van der Waals surface area contributed by atoms with Crippen LogP contribution in [-0.2, 0) is 13.1 Å². The first-order chi connectivity index (χ1) is 10.0. The van der Waals surface area contributed by atoms with Crippen molar-refractivity contribution in [3.05, 3.63) is 18.7 Å². The maximum Gasteiger partial charge on any atom is 1.00 e. The number of carboxylic acid groups (broad SMARTS) is 2. The third-order valence-electron chi connectivity index (χ3n) is 3.53. The van der Waals surface area contributed by atoms with Crippen molar-refractivity contribution in [3.63, 3.8) is 0 Å². The van der Waals surface area contributed by atoms with Crippen LogP contribution >= 0.6 is 0 Å². The van der Waals surface area contributed by atoms with Crippen LogP contribution in [0.2, 0.25) is 0 Å². The van der Waals surface area contributed by atoms with Crippen LogP contribution in [0, 0.1) is 5.92 Å². The normalized spacial score (nSPS) is 11.6. The molecule has 1 atom stereocenters. The van der Waals surface area contributed by atoms with E-state index in [0.717, 1.165) is 12.5 Å². The Morgan fingerprint density at radius 1 is 1.24 bits per heavy atom. The second-order valence-corrected chi connectivity index (χ2v) is 5.37. The number of rotatable bonds is 9. The average molecular weight is 298 g/mol. The Kier molecular flexibility index (Phi) is 11.4. The van der Waals surface area contributed by atoms with E-state index in [1.54, 1.807) is 0 Å². The minimum atomic E-state index is -2.33. The van der Waals surface area contributed by atoms with Crippen molar-refractivity contribution in [2.24, 2.45) is 5.92 Å². The maximum atomic E-state index is 8.33. The minimum Gasteiger partial charge on any atom is -0.652 e. The van der Waals surface area contributed by atoms with Crippen molar-refractivity contribution in [1.82, 2.24) is 4.57 Å². The molecule has 1 unspecified atom stereocenters. The third-order valence-corrected chi connectivity index (χ3v) is 3.53. The van der Waals surface area contributed by atoms with E-state index in [1.165, 1.54) is 45.1 Å². The Balaban J connectivity index is 0. The molecule has 0 aliphatic heterocycles. The summed E-state index contributed by atoms with van der Waals surface area (Å²) < 4.78 is 4.68. The van der Waals surface area contributed by atoms with Gasteiger partial charge in [0.05, 0.1) is 13.1 Å². The van der Waals surface area contributed by atoms with Crippen molar-refractivity contribution < 1.29 is 21.0 Å². The van der Waals surface area contributed by atoms with Crippen molar-refractivity contribution in [1.29, 1.82) is 0 Å². The van der Waals surface area contributed by atoms with Gasteiger partial charge in [-0.2, -0.15) is 0 Å². The first kappa shape index (κ1) is 19.5. The fraction of sp³-hybridized carbons (Fsp3) is 0.750. The summed E-state index contributed by atoms with van der Waals surface area (Å²) >= 11 is 0. The largest absolute Gasteiger partial charge is 1.00 e. The van der Waals surface area contributed by atoms with E-state index in [0.29, 0.717) is 0 Å². The molecule has 1 aromatic heterocycles. The van der Waals surface area contributed by atoms with Gasteiger partial charge < -0.3 is 15.0 Å². The predicted molar refractivity (Wildman–Crippen MR) is 79.3 cm³/mol. The molecule has 21 heavy (non-hydrogen) atoms. The zero-order valence-electron chi connectivity index (χ0n) is 14.6. The number of carbonyl (C=O) groups is 1. The predicted octanol–water partition coefficient (Wildman–Crippen LogP) is 1.46. The van der Waals surface area contributed by atoms with Gasteiger partial charge in [-0.1, -0.05) is 40.0 Å². The Hall–Kier alpha value is -1.52. The highest BCUT2D eigenvalue weighted by molar-refractivity contribution is 5.47. The second-order valence-electron chi connectivity index (χ2n) is 5.37. The Labute approximate surface area is 129 Å². The average Bonchev–Trinajstić information content (AvgIpc) is 2.88. The van der Waals surface area contributed by atoms with E-state index in [9.17, 15) is 0 Å². The summed E-state index contributed by atoms with van der Waals surface area (Å²) in [6.07, 6.45) is 12.3. The summed E-state index contributed by atoms with van der Waals surface area (Å²) in [5.41, 5.74) is 0. The highest BCUT2D eigenvalue weighted by Crippen LogP contribution is 2.12. The van der Waals surface area contributed by atoms with E-state index < -0.39 is 6.16 Å². The van der Waals surface area contributed by atoms with Crippen LogP contribution < -0.4 is 14.8 Å². The van der Waals surface area contributed by atoms with Crippen LogP contribution in [0.3, 0.4) is 0 Å². The molecular weight excluding hydrogens is 268 g/mol. The molecule has 5 nitrogen and oxygen atoms in total. The van der Waals surface area contributed by atoms with Gasteiger partial charge in [-0.3, -0.25) is 0 Å². The van der Waals surface area contributed by atoms with Gasteiger partial charge in [0.25, 0.3) is 0 Å². The molecule has 0 aliphatic carbocycles. The number of hydrogen-bond acceptors (Lipinski definition) is 3. The molecule has 0 bridgehead atoms. The standard InChI is InChI=1S/C15H29N2.CH2O3/c1-4-7-9-15(6-3)13-17-12-11-16(14-17)10-8-5-2;2-1(3)4/h11-12,14-15H,4-10,13H2,1-3H3;(H2,2,3,4)/q+1;/p-1. The summed E-state index contributed by atoms with van der Waals surface area (Å²) in [6.45, 7) is 9.19. The van der Waals surface area contributed by atoms with Crippen LogP contribution in [0.1, 0.15) is 60.7 Å². The SMILES string of the molecule is CCCCC(CC)C[n+]1ccn(CCCC)c1.O=C([O-])[O-].[H+]. The lowest BCUT2D eigenvalue weighted by molar-refractivity contribution is -0.703. The van der Waals surface area contributed by atoms with E-state index in [4.69, 9.17) is 15.0 Å². The lowest BCUT2D eigenvalue weighted by Gasteiger charge is -2.11. The van der Waals surface area contributed by atoms with Crippen LogP contribution in [0.5, 0.6) is 0 Å². The molecule has 0 saturated heterocycles. The number of imidazole rings is 1. The van der Waals surface area contributed by atoms with E-state index in [2.05, 4.69) is 48.6 Å². The minimum absolute atomic E-state index is 0. The molecule has 0 fully saturated rings. The van der Waals surface area contributed by atoms with Crippen molar-refractivity contribution in [3.8, 4) is 0 Å². The fourth-order valence-electron chi connectivity index (χ4n) is 2.24. The monoisotopic (exact) mass is 298 g/mol. The smallest absolute Gasteiger partial charge is 0.652 e. The molecule has 0 aromatic carbocycles. The number of nitrogens with zero attached hydrogens (tertiary/aromatic N) is 2. The van der Waals surface area contributed by atoms with E-state index >= 15 is 0 Å². The van der Waals surface area contributed by atoms with E-state index in [-0.39, 0.29) is 1.43 Å². The lowest BCUT2D eigenvalue weighted by atomic mass is 9.99. The molecule has 0 amide bonds.